The summed E-state index contributed by atoms with van der Waals surface area (Å²) in [5, 5.41) is 13.6. The number of aromatic nitrogens is 2. The summed E-state index contributed by atoms with van der Waals surface area (Å²) in [6, 6.07) is 15.7. The number of para-hydroxylation sites is 1. The second kappa shape index (κ2) is 6.52. The summed E-state index contributed by atoms with van der Waals surface area (Å²) < 4.78 is 11.1. The van der Waals surface area contributed by atoms with Crippen LogP contribution in [0.25, 0.3) is 11.5 Å². The molecule has 0 bridgehead atoms. The molecule has 1 aliphatic rings. The van der Waals surface area contributed by atoms with Gasteiger partial charge in [0.2, 0.25) is 0 Å². The molecule has 2 aromatic carbocycles. The Labute approximate surface area is 151 Å². The lowest BCUT2D eigenvalue weighted by molar-refractivity contribution is 0.242. The van der Waals surface area contributed by atoms with Gasteiger partial charge in [0.05, 0.1) is 17.2 Å². The molecule has 4 rings (SSSR count). The minimum Gasteiger partial charge on any atom is -0.491 e. The van der Waals surface area contributed by atoms with Gasteiger partial charge in [-0.1, -0.05) is 18.2 Å². The predicted octanol–water partition coefficient (Wildman–Crippen LogP) is 4.09. The maximum absolute atomic E-state index is 9.48. The van der Waals surface area contributed by atoms with Crippen LogP contribution in [0.4, 0.5) is 11.6 Å². The summed E-state index contributed by atoms with van der Waals surface area (Å²) in [5.74, 6) is 1.49. The maximum Gasteiger partial charge on any atom is 0.270 e. The Morgan fingerprint density at radius 3 is 2.88 bits per heavy atom. The number of nitriles is 1. The Bertz CT molecular complexity index is 987. The molecule has 0 unspecified atom stereocenters. The van der Waals surface area contributed by atoms with Crippen LogP contribution in [0.15, 0.2) is 47.0 Å². The van der Waals surface area contributed by atoms with Crippen molar-refractivity contribution in [2.45, 2.75) is 26.4 Å². The normalized spacial score (nSPS) is 12.9. The zero-order chi connectivity index (χ0) is 18.1. The molecule has 1 aliphatic heterocycles. The Morgan fingerprint density at radius 1 is 1.23 bits per heavy atom. The number of benzene rings is 2. The lowest BCUT2D eigenvalue weighted by Gasteiger charge is -2.13. The highest BCUT2D eigenvalue weighted by atomic mass is 16.5. The fourth-order valence-electron chi connectivity index (χ4n) is 3.13. The molecule has 0 spiro atoms. The molecule has 0 aliphatic carbocycles. The summed E-state index contributed by atoms with van der Waals surface area (Å²) in [7, 11) is 0. The Balaban J connectivity index is 1.66. The molecular formula is C20H18N4O2. The van der Waals surface area contributed by atoms with Crippen LogP contribution < -0.4 is 9.64 Å². The van der Waals surface area contributed by atoms with Crippen molar-refractivity contribution in [2.75, 3.05) is 11.4 Å². The second-order valence-corrected chi connectivity index (χ2v) is 6.42. The molecule has 0 radical (unpaired) electrons. The molecule has 0 fully saturated rings. The van der Waals surface area contributed by atoms with Gasteiger partial charge in [0, 0.05) is 12.2 Å². The highest BCUT2D eigenvalue weighted by Crippen LogP contribution is 2.34. The molecule has 0 atom stereocenters. The van der Waals surface area contributed by atoms with E-state index in [1.165, 1.54) is 5.56 Å². The average molecular weight is 346 g/mol. The van der Waals surface area contributed by atoms with Gasteiger partial charge < -0.3 is 14.2 Å². The standard InChI is InChI=1S/C20H18N4O2/c1-13(2)25-16-7-8-17(15(11-16)12-21)19-22-20(23-26-19)24-10-9-14-5-3-4-6-18(14)24/h3-8,11,13H,9-10H2,1-2H3. The van der Waals surface area contributed by atoms with Gasteiger partial charge >= 0.3 is 0 Å². The van der Waals surface area contributed by atoms with Crippen LogP contribution in [0, 0.1) is 11.3 Å². The van der Waals surface area contributed by atoms with Crippen molar-refractivity contribution in [3.8, 4) is 23.3 Å². The first kappa shape index (κ1) is 16.2. The van der Waals surface area contributed by atoms with Crippen LogP contribution in [-0.4, -0.2) is 22.8 Å². The van der Waals surface area contributed by atoms with Gasteiger partial charge in [0.15, 0.2) is 0 Å². The van der Waals surface area contributed by atoms with Gasteiger partial charge in [-0.3, -0.25) is 0 Å². The van der Waals surface area contributed by atoms with Crippen molar-refractivity contribution in [3.63, 3.8) is 0 Å². The summed E-state index contributed by atoms with van der Waals surface area (Å²) in [6.45, 7) is 4.70. The molecule has 2 heterocycles. The molecule has 0 saturated heterocycles. The Hall–Kier alpha value is -3.33. The zero-order valence-corrected chi connectivity index (χ0v) is 14.6. The Kier molecular flexibility index (Phi) is 4.05. The van der Waals surface area contributed by atoms with Crippen molar-refractivity contribution < 1.29 is 9.26 Å². The van der Waals surface area contributed by atoms with Crippen molar-refractivity contribution in [2.24, 2.45) is 0 Å². The largest absolute Gasteiger partial charge is 0.491 e. The van der Waals surface area contributed by atoms with Crippen LogP contribution in [0.2, 0.25) is 0 Å². The molecule has 0 saturated carbocycles. The topological polar surface area (TPSA) is 75.2 Å². The lowest BCUT2D eigenvalue weighted by Crippen LogP contribution is -2.14. The molecular weight excluding hydrogens is 328 g/mol. The Morgan fingerprint density at radius 2 is 2.08 bits per heavy atom. The van der Waals surface area contributed by atoms with Crippen LogP contribution in [0.3, 0.4) is 0 Å². The summed E-state index contributed by atoms with van der Waals surface area (Å²) in [5.41, 5.74) is 3.42. The van der Waals surface area contributed by atoms with Gasteiger partial charge in [-0.05, 0) is 55.3 Å². The van der Waals surface area contributed by atoms with Gasteiger partial charge in [-0.25, -0.2) is 0 Å². The predicted molar refractivity (Wildman–Crippen MR) is 97.4 cm³/mol. The van der Waals surface area contributed by atoms with Crippen LogP contribution in [0.5, 0.6) is 5.75 Å². The van der Waals surface area contributed by atoms with Crippen LogP contribution in [-0.2, 0) is 6.42 Å². The first-order valence-corrected chi connectivity index (χ1v) is 8.56. The van der Waals surface area contributed by atoms with E-state index in [1.54, 1.807) is 12.1 Å². The molecule has 130 valence electrons. The minimum atomic E-state index is 0.0395. The number of hydrogen-bond donors (Lipinski definition) is 0. The van der Waals surface area contributed by atoms with E-state index < -0.39 is 0 Å². The highest BCUT2D eigenvalue weighted by Gasteiger charge is 2.24. The van der Waals surface area contributed by atoms with Crippen molar-refractivity contribution in [1.82, 2.24) is 10.1 Å². The summed E-state index contributed by atoms with van der Waals surface area (Å²) >= 11 is 0. The zero-order valence-electron chi connectivity index (χ0n) is 14.6. The van der Waals surface area contributed by atoms with Crippen molar-refractivity contribution >= 4 is 11.6 Å². The summed E-state index contributed by atoms with van der Waals surface area (Å²) in [6.07, 6.45) is 0.989. The average Bonchev–Trinajstić information content (AvgIpc) is 3.27. The molecule has 6 heteroatoms. The quantitative estimate of drug-likeness (QED) is 0.708. The number of ether oxygens (including phenoxy) is 1. The molecule has 26 heavy (non-hydrogen) atoms. The second-order valence-electron chi connectivity index (χ2n) is 6.42. The maximum atomic E-state index is 9.48. The van der Waals surface area contributed by atoms with Gasteiger partial charge in [-0.15, -0.1) is 0 Å². The van der Waals surface area contributed by atoms with E-state index in [0.717, 1.165) is 18.7 Å². The first-order chi connectivity index (χ1) is 12.7. The van der Waals surface area contributed by atoms with E-state index in [2.05, 4.69) is 28.3 Å². The van der Waals surface area contributed by atoms with E-state index in [9.17, 15) is 5.26 Å². The monoisotopic (exact) mass is 346 g/mol. The highest BCUT2D eigenvalue weighted by molar-refractivity contribution is 5.69. The van der Waals surface area contributed by atoms with Gasteiger partial charge in [0.1, 0.15) is 11.8 Å². The van der Waals surface area contributed by atoms with Crippen molar-refractivity contribution in [1.29, 1.82) is 5.26 Å². The molecule has 6 nitrogen and oxygen atoms in total. The molecule has 0 amide bonds. The molecule has 1 aromatic heterocycles. The third kappa shape index (κ3) is 2.88. The SMILES string of the molecule is CC(C)Oc1ccc(-c2nc(N3CCc4ccccc43)no2)c(C#N)c1. The van der Waals surface area contributed by atoms with Crippen LogP contribution in [0.1, 0.15) is 25.0 Å². The number of fused-ring (bicyclic) bond motifs is 1. The van der Waals surface area contributed by atoms with Gasteiger partial charge in [0.25, 0.3) is 11.8 Å². The van der Waals surface area contributed by atoms with E-state index >= 15 is 0 Å². The number of rotatable bonds is 4. The fraction of sp³-hybridized carbons (Fsp3) is 0.250. The van der Waals surface area contributed by atoms with E-state index in [1.807, 2.05) is 36.9 Å². The smallest absolute Gasteiger partial charge is 0.270 e. The van der Waals surface area contributed by atoms with E-state index in [-0.39, 0.29) is 6.10 Å². The third-order valence-electron chi connectivity index (χ3n) is 4.26. The summed E-state index contributed by atoms with van der Waals surface area (Å²) in [4.78, 5) is 6.55. The van der Waals surface area contributed by atoms with E-state index in [4.69, 9.17) is 9.26 Å². The molecule has 3 aromatic rings. The van der Waals surface area contributed by atoms with E-state index in [0.29, 0.717) is 28.7 Å². The first-order valence-electron chi connectivity index (χ1n) is 8.56. The fourth-order valence-corrected chi connectivity index (χ4v) is 3.13. The number of nitrogens with zero attached hydrogens (tertiary/aromatic N) is 4. The molecule has 0 N–H and O–H groups in total. The lowest BCUT2D eigenvalue weighted by atomic mass is 10.1. The number of anilines is 2. The minimum absolute atomic E-state index is 0.0395. The number of hydrogen-bond acceptors (Lipinski definition) is 6. The van der Waals surface area contributed by atoms with Crippen molar-refractivity contribution in [3.05, 3.63) is 53.6 Å². The van der Waals surface area contributed by atoms with Gasteiger partial charge in [-0.2, -0.15) is 10.2 Å². The third-order valence-corrected chi connectivity index (χ3v) is 4.26. The van der Waals surface area contributed by atoms with Crippen LogP contribution >= 0.6 is 0 Å².